The largest absolute Gasteiger partial charge is 0.347 e. The smallest absolute Gasteiger partial charge is 0.261 e. The molecule has 0 bridgehead atoms. The number of amides is 1. The van der Waals surface area contributed by atoms with Crippen LogP contribution in [0.4, 0.5) is 11.8 Å². The highest BCUT2D eigenvalue weighted by Crippen LogP contribution is 2.30. The van der Waals surface area contributed by atoms with Crippen LogP contribution in [0.2, 0.25) is 5.02 Å². The fourth-order valence-corrected chi connectivity index (χ4v) is 4.16. The second-order valence-corrected chi connectivity index (χ2v) is 8.50. The highest BCUT2D eigenvalue weighted by atomic mass is 79.9. The molecule has 0 saturated carbocycles. The van der Waals surface area contributed by atoms with Crippen molar-refractivity contribution in [1.82, 2.24) is 25.1 Å². The van der Waals surface area contributed by atoms with Crippen molar-refractivity contribution in [2.24, 2.45) is 7.05 Å². The molecule has 7 nitrogen and oxygen atoms in total. The number of aryl methyl sites for hydroxylation is 1. The average Bonchev–Trinajstić information content (AvgIpc) is 3.38. The number of halogens is 2. The van der Waals surface area contributed by atoms with Crippen LogP contribution in [0.15, 0.2) is 58.6 Å². The predicted octanol–water partition coefficient (Wildman–Crippen LogP) is 5.03. The Morgan fingerprint density at radius 3 is 2.90 bits per heavy atom. The van der Waals surface area contributed by atoms with Crippen LogP contribution in [0.1, 0.15) is 15.2 Å². The molecule has 0 aliphatic heterocycles. The molecule has 0 unspecified atom stereocenters. The molecule has 0 aliphatic rings. The third-order valence-corrected chi connectivity index (χ3v) is 6.28. The molecule has 30 heavy (non-hydrogen) atoms. The molecule has 0 saturated heterocycles. The van der Waals surface area contributed by atoms with Gasteiger partial charge in [-0.1, -0.05) is 45.7 Å². The van der Waals surface area contributed by atoms with Gasteiger partial charge in [0.2, 0.25) is 5.95 Å². The molecule has 2 N–H and O–H groups in total. The summed E-state index contributed by atoms with van der Waals surface area (Å²) in [5, 5.41) is 12.4. The Morgan fingerprint density at radius 2 is 2.13 bits per heavy atom. The summed E-state index contributed by atoms with van der Waals surface area (Å²) in [4.78, 5) is 21.9. The minimum Gasteiger partial charge on any atom is -0.347 e. The van der Waals surface area contributed by atoms with Gasteiger partial charge in [0, 0.05) is 35.1 Å². The molecule has 0 radical (unpaired) electrons. The molecule has 3 heterocycles. The first-order chi connectivity index (χ1) is 14.5. The van der Waals surface area contributed by atoms with E-state index in [1.807, 2.05) is 42.8 Å². The molecule has 1 aromatic carbocycles. The fourth-order valence-electron chi connectivity index (χ4n) is 2.72. The Bertz CT molecular complexity index is 1210. The van der Waals surface area contributed by atoms with Crippen LogP contribution in [-0.2, 0) is 13.6 Å². The first-order valence-corrected chi connectivity index (χ1v) is 10.9. The summed E-state index contributed by atoms with van der Waals surface area (Å²) in [5.41, 5.74) is 2.32. The van der Waals surface area contributed by atoms with Gasteiger partial charge in [-0.2, -0.15) is 5.10 Å². The molecule has 10 heteroatoms. The minimum atomic E-state index is -0.152. The molecule has 0 spiro atoms. The van der Waals surface area contributed by atoms with Gasteiger partial charge in [0.25, 0.3) is 5.91 Å². The highest BCUT2D eigenvalue weighted by molar-refractivity contribution is 9.10. The lowest BCUT2D eigenvalue weighted by molar-refractivity contribution is 0.0955. The number of hydrogen-bond acceptors (Lipinski definition) is 6. The topological polar surface area (TPSA) is 84.7 Å². The second-order valence-electron chi connectivity index (χ2n) is 6.33. The number of aromatic nitrogens is 4. The molecule has 152 valence electrons. The monoisotopic (exact) mass is 502 g/mol. The van der Waals surface area contributed by atoms with Gasteiger partial charge in [-0.15, -0.1) is 11.3 Å². The predicted molar refractivity (Wildman–Crippen MR) is 122 cm³/mol. The standard InChI is InChI=1S/C20H16BrClN6OS/c1-28-17(6-7-25-28)26-20-24-10-15(22)18(27-20)13-8-16(30-11-13)19(29)23-9-12-4-2-3-5-14(12)21/h2-8,10-11H,9H2,1H3,(H,23,29)(H,24,26,27). The summed E-state index contributed by atoms with van der Waals surface area (Å²) in [6.45, 7) is 0.431. The van der Waals surface area contributed by atoms with E-state index in [-0.39, 0.29) is 5.91 Å². The first kappa shape index (κ1) is 20.5. The zero-order chi connectivity index (χ0) is 21.1. The minimum absolute atomic E-state index is 0.152. The molecule has 0 atom stereocenters. The van der Waals surface area contributed by atoms with Crippen molar-refractivity contribution in [1.29, 1.82) is 0 Å². The maximum Gasteiger partial charge on any atom is 0.261 e. The van der Waals surface area contributed by atoms with E-state index in [1.54, 1.807) is 16.9 Å². The number of anilines is 2. The summed E-state index contributed by atoms with van der Waals surface area (Å²) in [6, 6.07) is 11.4. The molecule has 4 aromatic rings. The first-order valence-electron chi connectivity index (χ1n) is 8.89. The summed E-state index contributed by atoms with van der Waals surface area (Å²) < 4.78 is 2.63. The van der Waals surface area contributed by atoms with Crippen molar-refractivity contribution < 1.29 is 4.79 Å². The van der Waals surface area contributed by atoms with Gasteiger partial charge >= 0.3 is 0 Å². The van der Waals surface area contributed by atoms with Crippen molar-refractivity contribution >= 4 is 56.5 Å². The number of nitrogens with one attached hydrogen (secondary N) is 2. The van der Waals surface area contributed by atoms with Crippen LogP contribution in [0.3, 0.4) is 0 Å². The SMILES string of the molecule is Cn1nccc1Nc1ncc(Cl)c(-c2csc(C(=O)NCc3ccccc3Br)c2)n1. The van der Waals surface area contributed by atoms with E-state index in [0.29, 0.717) is 28.1 Å². The van der Waals surface area contributed by atoms with Gasteiger partial charge in [0.15, 0.2) is 0 Å². The van der Waals surface area contributed by atoms with Crippen LogP contribution < -0.4 is 10.6 Å². The van der Waals surface area contributed by atoms with Crippen LogP contribution in [0, 0.1) is 0 Å². The normalized spacial score (nSPS) is 10.8. The van der Waals surface area contributed by atoms with Gasteiger partial charge in [0.05, 0.1) is 28.0 Å². The van der Waals surface area contributed by atoms with Crippen molar-refractivity contribution in [2.45, 2.75) is 6.54 Å². The van der Waals surface area contributed by atoms with Crippen molar-refractivity contribution in [3.8, 4) is 11.3 Å². The number of carbonyl (C=O) groups is 1. The zero-order valence-corrected chi connectivity index (χ0v) is 18.9. The van der Waals surface area contributed by atoms with E-state index in [1.165, 1.54) is 17.5 Å². The second kappa shape index (κ2) is 8.95. The Hall–Kier alpha value is -2.75. The van der Waals surface area contributed by atoms with E-state index in [2.05, 4.69) is 41.6 Å². The lowest BCUT2D eigenvalue weighted by Gasteiger charge is -2.07. The quantitative estimate of drug-likeness (QED) is 0.386. The summed E-state index contributed by atoms with van der Waals surface area (Å²) in [7, 11) is 1.82. The van der Waals surface area contributed by atoms with Crippen LogP contribution in [0.5, 0.6) is 0 Å². The fraction of sp³-hybridized carbons (Fsp3) is 0.100. The van der Waals surface area contributed by atoms with Gasteiger partial charge in [-0.3, -0.25) is 9.48 Å². The number of carbonyl (C=O) groups excluding carboxylic acids is 1. The van der Waals surface area contributed by atoms with E-state index < -0.39 is 0 Å². The lowest BCUT2D eigenvalue weighted by atomic mass is 10.2. The van der Waals surface area contributed by atoms with Gasteiger partial charge < -0.3 is 10.6 Å². The molecular formula is C20H16BrClN6OS. The van der Waals surface area contributed by atoms with Gasteiger partial charge in [0.1, 0.15) is 5.82 Å². The van der Waals surface area contributed by atoms with Crippen molar-refractivity contribution in [3.63, 3.8) is 0 Å². The summed E-state index contributed by atoms with van der Waals surface area (Å²) in [6.07, 6.45) is 3.21. The third kappa shape index (κ3) is 4.53. The number of rotatable bonds is 6. The molecule has 0 aliphatic carbocycles. The zero-order valence-electron chi connectivity index (χ0n) is 15.8. The molecule has 3 aromatic heterocycles. The van der Waals surface area contributed by atoms with Crippen LogP contribution in [-0.4, -0.2) is 25.7 Å². The Kier molecular flexibility index (Phi) is 6.12. The van der Waals surface area contributed by atoms with Gasteiger partial charge in [-0.25, -0.2) is 9.97 Å². The summed E-state index contributed by atoms with van der Waals surface area (Å²) in [5.74, 6) is 0.991. The molecular weight excluding hydrogens is 488 g/mol. The number of thiophene rings is 1. The third-order valence-electron chi connectivity index (χ3n) is 4.30. The Labute approximate surface area is 190 Å². The van der Waals surface area contributed by atoms with Crippen molar-refractivity contribution in [2.75, 3.05) is 5.32 Å². The maximum atomic E-state index is 12.6. The van der Waals surface area contributed by atoms with E-state index >= 15 is 0 Å². The maximum absolute atomic E-state index is 12.6. The molecule has 4 rings (SSSR count). The van der Waals surface area contributed by atoms with Crippen LogP contribution >= 0.6 is 38.9 Å². The summed E-state index contributed by atoms with van der Waals surface area (Å²) >= 11 is 11.1. The number of benzene rings is 1. The molecule has 0 fully saturated rings. The van der Waals surface area contributed by atoms with E-state index in [4.69, 9.17) is 11.6 Å². The van der Waals surface area contributed by atoms with Gasteiger partial charge in [-0.05, 0) is 17.7 Å². The molecule has 1 amide bonds. The lowest BCUT2D eigenvalue weighted by Crippen LogP contribution is -2.21. The Balaban J connectivity index is 1.50. The van der Waals surface area contributed by atoms with Crippen LogP contribution in [0.25, 0.3) is 11.3 Å². The highest BCUT2D eigenvalue weighted by Gasteiger charge is 2.15. The number of hydrogen-bond donors (Lipinski definition) is 2. The average molecular weight is 504 g/mol. The van der Waals surface area contributed by atoms with E-state index in [9.17, 15) is 4.79 Å². The number of nitrogens with zero attached hydrogens (tertiary/aromatic N) is 4. The van der Waals surface area contributed by atoms with E-state index in [0.717, 1.165) is 21.4 Å². The Morgan fingerprint density at radius 1 is 1.30 bits per heavy atom. The van der Waals surface area contributed by atoms with Crippen molar-refractivity contribution in [3.05, 3.63) is 74.1 Å².